The molecule has 0 bridgehead atoms. The van der Waals surface area contributed by atoms with Crippen LogP contribution in [0.1, 0.15) is 72.6 Å². The van der Waals surface area contributed by atoms with Gasteiger partial charge >= 0.3 is 5.97 Å². The maximum atomic E-state index is 12.8. The van der Waals surface area contributed by atoms with Crippen molar-refractivity contribution in [2.24, 2.45) is 17.6 Å². The molecule has 32 heavy (non-hydrogen) atoms. The molecule has 3 aliphatic rings. The Labute approximate surface area is 192 Å². The number of ether oxygens (including phenoxy) is 4. The van der Waals surface area contributed by atoms with E-state index in [9.17, 15) is 9.59 Å². The van der Waals surface area contributed by atoms with Gasteiger partial charge in [0, 0.05) is 13.0 Å². The van der Waals surface area contributed by atoms with Crippen molar-refractivity contribution in [2.45, 2.75) is 102 Å². The number of Topliss-reactive ketones (excluding diaryl/α,β-unsaturated/α-hetero) is 1. The lowest BCUT2D eigenvalue weighted by atomic mass is 9.68. The van der Waals surface area contributed by atoms with Gasteiger partial charge in [-0.05, 0) is 66.3 Å². The number of allylic oxidation sites excluding steroid dienone is 1. The molecule has 3 unspecified atom stereocenters. The molecule has 0 aromatic carbocycles. The van der Waals surface area contributed by atoms with Crippen LogP contribution in [0.2, 0.25) is 0 Å². The molecule has 2 heterocycles. The van der Waals surface area contributed by atoms with E-state index in [1.807, 2.05) is 0 Å². The minimum atomic E-state index is -0.367. The van der Waals surface area contributed by atoms with Crippen molar-refractivity contribution in [1.29, 1.82) is 0 Å². The summed E-state index contributed by atoms with van der Waals surface area (Å²) in [7, 11) is 1.67. The molecule has 0 aromatic heterocycles. The highest BCUT2D eigenvalue weighted by atomic mass is 16.6. The predicted molar refractivity (Wildman–Crippen MR) is 121 cm³/mol. The second-order valence-corrected chi connectivity index (χ2v) is 10.2. The number of esters is 1. The fourth-order valence-corrected chi connectivity index (χ4v) is 5.47. The van der Waals surface area contributed by atoms with Crippen LogP contribution in [0.25, 0.3) is 0 Å². The Morgan fingerprint density at radius 2 is 1.97 bits per heavy atom. The van der Waals surface area contributed by atoms with Gasteiger partial charge < -0.3 is 24.7 Å². The van der Waals surface area contributed by atoms with Gasteiger partial charge in [0.25, 0.3) is 0 Å². The van der Waals surface area contributed by atoms with Crippen LogP contribution in [0, 0.1) is 11.8 Å². The van der Waals surface area contributed by atoms with Gasteiger partial charge in [0.05, 0.1) is 25.0 Å². The molecule has 182 valence electrons. The van der Waals surface area contributed by atoms with Gasteiger partial charge in [-0.2, -0.15) is 0 Å². The average Bonchev–Trinajstić information content (AvgIpc) is 3.64. The third-order valence-electron chi connectivity index (χ3n) is 7.51. The van der Waals surface area contributed by atoms with Gasteiger partial charge in [-0.15, -0.1) is 0 Å². The lowest BCUT2D eigenvalue weighted by Gasteiger charge is -2.42. The average molecular weight is 452 g/mol. The molecule has 3 rings (SSSR count). The van der Waals surface area contributed by atoms with Crippen LogP contribution < -0.4 is 5.73 Å². The third kappa shape index (κ3) is 5.61. The van der Waals surface area contributed by atoms with Gasteiger partial charge in [-0.1, -0.05) is 18.1 Å². The van der Waals surface area contributed by atoms with E-state index in [0.29, 0.717) is 26.0 Å². The maximum absolute atomic E-state index is 12.8. The summed E-state index contributed by atoms with van der Waals surface area (Å²) in [5.74, 6) is -0.630. The zero-order chi connectivity index (χ0) is 23.5. The monoisotopic (exact) mass is 451 g/mol. The fourth-order valence-electron chi connectivity index (χ4n) is 5.47. The predicted octanol–water partition coefficient (Wildman–Crippen LogP) is 3.33. The van der Waals surface area contributed by atoms with E-state index in [1.165, 1.54) is 5.57 Å². The van der Waals surface area contributed by atoms with Crippen molar-refractivity contribution in [3.63, 3.8) is 0 Å². The number of methoxy groups -OCH3 is 1. The molecule has 1 aliphatic carbocycles. The highest BCUT2D eigenvalue weighted by Crippen LogP contribution is 2.59. The minimum Gasteiger partial charge on any atom is -0.460 e. The third-order valence-corrected chi connectivity index (χ3v) is 7.51. The van der Waals surface area contributed by atoms with E-state index < -0.39 is 0 Å². The van der Waals surface area contributed by atoms with E-state index in [0.717, 1.165) is 25.7 Å². The van der Waals surface area contributed by atoms with Crippen molar-refractivity contribution < 1.29 is 28.5 Å². The summed E-state index contributed by atoms with van der Waals surface area (Å²) >= 11 is 0. The van der Waals surface area contributed by atoms with Crippen molar-refractivity contribution >= 4 is 11.8 Å². The maximum Gasteiger partial charge on any atom is 0.306 e. The number of hydrogen-bond donors (Lipinski definition) is 1. The topological polar surface area (TPSA) is 104 Å². The molecule has 3 fully saturated rings. The highest BCUT2D eigenvalue weighted by molar-refractivity contribution is 5.83. The molecule has 2 aliphatic heterocycles. The number of unbranched alkanes of at least 4 members (excludes halogenated alkanes) is 1. The summed E-state index contributed by atoms with van der Waals surface area (Å²) in [6.07, 6.45) is 6.46. The summed E-state index contributed by atoms with van der Waals surface area (Å²) < 4.78 is 24.0. The van der Waals surface area contributed by atoms with Gasteiger partial charge in [-0.25, -0.2) is 0 Å². The molecule has 7 nitrogen and oxygen atoms in total. The fraction of sp³-hybridized carbons (Fsp3) is 0.840. The molecule has 0 amide bonds. The quantitative estimate of drug-likeness (QED) is 0.210. The van der Waals surface area contributed by atoms with Gasteiger partial charge in [-0.3, -0.25) is 9.59 Å². The smallest absolute Gasteiger partial charge is 0.306 e. The first-order chi connectivity index (χ1) is 15.2. The number of carbonyl (C=O) groups is 2. The molecule has 0 radical (unpaired) electrons. The number of nitrogens with two attached hydrogens (primary N) is 1. The van der Waals surface area contributed by atoms with E-state index in [4.69, 9.17) is 24.7 Å². The molecule has 1 spiro atoms. The van der Waals surface area contributed by atoms with Gasteiger partial charge in [0.15, 0.2) is 0 Å². The van der Waals surface area contributed by atoms with Crippen LogP contribution in [-0.4, -0.2) is 61.5 Å². The Balaban J connectivity index is 1.66. The summed E-state index contributed by atoms with van der Waals surface area (Å²) in [5.41, 5.74) is 6.21. The molecule has 1 saturated carbocycles. The molecule has 7 heteroatoms. The summed E-state index contributed by atoms with van der Waals surface area (Å²) in [6, 6.07) is 0. The number of hydrogen-bond acceptors (Lipinski definition) is 7. The largest absolute Gasteiger partial charge is 0.460 e. The van der Waals surface area contributed by atoms with E-state index >= 15 is 0 Å². The van der Waals surface area contributed by atoms with Crippen molar-refractivity contribution in [3.8, 4) is 0 Å². The molecular weight excluding hydrogens is 410 g/mol. The Bertz CT molecular complexity index is 713. The van der Waals surface area contributed by atoms with Gasteiger partial charge in [0.1, 0.15) is 29.2 Å². The normalized spacial score (nSPS) is 36.4. The zero-order valence-corrected chi connectivity index (χ0v) is 20.4. The standard InChI is InChI=1S/C25H41NO6/c1-16(2)9-10-20-24(4,32-20)23-22(29-5)19(11-12-25(23)15-30-25)31-21(28)14-18(17(3)27)8-6-7-13-26/h9,18-20,22-23H,6-8,10-15,26H2,1-5H3/t18-,19?,20+,22?,23?,24-,25-/m0/s1. The minimum absolute atomic E-state index is 0.00438. The van der Waals surface area contributed by atoms with Crippen LogP contribution in [0.5, 0.6) is 0 Å². The lowest BCUT2D eigenvalue weighted by molar-refractivity contribution is -0.173. The summed E-state index contributed by atoms with van der Waals surface area (Å²) in [4.78, 5) is 24.8. The van der Waals surface area contributed by atoms with Crippen LogP contribution >= 0.6 is 0 Å². The SMILES string of the molecule is COC1C(OC(=O)C[C@H](CCCCN)C(C)=O)CC[C@]2(CO2)C1[C@@]1(C)O[C@@H]1CC=C(C)C. The molecule has 2 saturated heterocycles. The number of carbonyl (C=O) groups excluding carboxylic acids is 2. The first-order valence-electron chi connectivity index (χ1n) is 12.0. The van der Waals surface area contributed by atoms with Crippen LogP contribution in [0.3, 0.4) is 0 Å². The second kappa shape index (κ2) is 10.3. The van der Waals surface area contributed by atoms with E-state index in [-0.39, 0.29) is 59.5 Å². The summed E-state index contributed by atoms with van der Waals surface area (Å²) in [5, 5.41) is 0. The van der Waals surface area contributed by atoms with E-state index in [1.54, 1.807) is 14.0 Å². The van der Waals surface area contributed by atoms with E-state index in [2.05, 4.69) is 26.8 Å². The Hall–Kier alpha value is -1.28. The Morgan fingerprint density at radius 3 is 2.53 bits per heavy atom. The van der Waals surface area contributed by atoms with Gasteiger partial charge in [0.2, 0.25) is 0 Å². The zero-order valence-electron chi connectivity index (χ0n) is 20.4. The van der Waals surface area contributed by atoms with Crippen LogP contribution in [-0.2, 0) is 28.5 Å². The lowest BCUT2D eigenvalue weighted by Crippen LogP contribution is -2.55. The van der Waals surface area contributed by atoms with Crippen molar-refractivity contribution in [2.75, 3.05) is 20.3 Å². The number of rotatable bonds is 12. The van der Waals surface area contributed by atoms with Crippen molar-refractivity contribution in [1.82, 2.24) is 0 Å². The molecule has 0 aromatic rings. The first-order valence-corrected chi connectivity index (χ1v) is 12.0. The second-order valence-electron chi connectivity index (χ2n) is 10.2. The highest BCUT2D eigenvalue weighted by Gasteiger charge is 2.72. The van der Waals surface area contributed by atoms with Crippen LogP contribution in [0.15, 0.2) is 11.6 Å². The van der Waals surface area contributed by atoms with Crippen molar-refractivity contribution in [3.05, 3.63) is 11.6 Å². The van der Waals surface area contributed by atoms with Crippen LogP contribution in [0.4, 0.5) is 0 Å². The molecular formula is C25H41NO6. The summed E-state index contributed by atoms with van der Waals surface area (Å²) in [6.45, 7) is 9.13. The Kier molecular flexibility index (Phi) is 8.18. The Morgan fingerprint density at radius 1 is 1.25 bits per heavy atom. The number of ketones is 1. The molecule has 7 atom stereocenters. The molecule has 2 N–H and O–H groups in total. The number of epoxide rings is 2. The first kappa shape index (κ1) is 25.3.